The van der Waals surface area contributed by atoms with Crippen molar-refractivity contribution in [2.75, 3.05) is 19.7 Å². The predicted octanol–water partition coefficient (Wildman–Crippen LogP) is 3.82. The van der Waals surface area contributed by atoms with Gasteiger partial charge in [-0.1, -0.05) is 12.1 Å². The van der Waals surface area contributed by atoms with E-state index in [1.165, 1.54) is 16.4 Å². The van der Waals surface area contributed by atoms with Gasteiger partial charge in [0, 0.05) is 31.6 Å². The van der Waals surface area contributed by atoms with Crippen molar-refractivity contribution in [3.63, 3.8) is 0 Å². The highest BCUT2D eigenvalue weighted by atomic mass is 32.2. The molecule has 172 valence electrons. The molecule has 0 unspecified atom stereocenters. The van der Waals surface area contributed by atoms with E-state index in [0.29, 0.717) is 44.8 Å². The number of rotatable bonds is 8. The van der Waals surface area contributed by atoms with Crippen molar-refractivity contribution < 1.29 is 22.3 Å². The maximum Gasteiger partial charge on any atom is 0.243 e. The fourth-order valence-corrected chi connectivity index (χ4v) is 5.63. The molecule has 0 N–H and O–H groups in total. The van der Waals surface area contributed by atoms with Gasteiger partial charge in [-0.2, -0.15) is 4.31 Å². The summed E-state index contributed by atoms with van der Waals surface area (Å²) < 4.78 is 46.1. The Labute approximate surface area is 189 Å². The van der Waals surface area contributed by atoms with Crippen LogP contribution in [0.25, 0.3) is 0 Å². The van der Waals surface area contributed by atoms with Crippen molar-refractivity contribution in [1.29, 1.82) is 0 Å². The van der Waals surface area contributed by atoms with Crippen LogP contribution in [0.4, 0.5) is 4.39 Å². The number of halogens is 1. The van der Waals surface area contributed by atoms with E-state index in [1.807, 2.05) is 11.8 Å². The van der Waals surface area contributed by atoms with E-state index in [-0.39, 0.29) is 28.6 Å². The van der Waals surface area contributed by atoms with Gasteiger partial charge < -0.3 is 9.64 Å². The summed E-state index contributed by atoms with van der Waals surface area (Å²) in [6.07, 6.45) is 2.97. The SMILES string of the molecule is CCOc1ccc(S(=O)(=O)N2CCC(C(=O)N(Cc3ccc(F)cc3)C3CC3)CC2)cc1. The van der Waals surface area contributed by atoms with Crippen LogP contribution in [0.15, 0.2) is 53.4 Å². The first-order chi connectivity index (χ1) is 15.4. The highest BCUT2D eigenvalue weighted by Gasteiger charge is 2.38. The van der Waals surface area contributed by atoms with Crippen molar-refractivity contribution in [2.45, 2.75) is 50.1 Å². The van der Waals surface area contributed by atoms with E-state index in [9.17, 15) is 17.6 Å². The topological polar surface area (TPSA) is 66.9 Å². The van der Waals surface area contributed by atoms with E-state index in [0.717, 1.165) is 18.4 Å². The van der Waals surface area contributed by atoms with Crippen molar-refractivity contribution in [3.05, 3.63) is 59.9 Å². The van der Waals surface area contributed by atoms with E-state index < -0.39 is 10.0 Å². The Morgan fingerprint density at radius 2 is 1.66 bits per heavy atom. The zero-order chi connectivity index (χ0) is 22.7. The number of nitrogens with zero attached hydrogens (tertiary/aromatic N) is 2. The van der Waals surface area contributed by atoms with Crippen LogP contribution in [-0.2, 0) is 21.4 Å². The molecule has 2 aromatic rings. The number of ether oxygens (including phenoxy) is 1. The second kappa shape index (κ2) is 9.58. The smallest absolute Gasteiger partial charge is 0.243 e. The van der Waals surface area contributed by atoms with Crippen molar-refractivity contribution >= 4 is 15.9 Å². The van der Waals surface area contributed by atoms with Crippen molar-refractivity contribution in [3.8, 4) is 5.75 Å². The molecule has 1 aliphatic heterocycles. The number of carbonyl (C=O) groups is 1. The lowest BCUT2D eigenvalue weighted by molar-refractivity contribution is -0.138. The average molecular weight is 461 g/mol. The molecule has 2 aliphatic rings. The van der Waals surface area contributed by atoms with E-state index in [4.69, 9.17) is 4.74 Å². The van der Waals surface area contributed by atoms with Gasteiger partial charge in [0.2, 0.25) is 15.9 Å². The Kier molecular flexibility index (Phi) is 6.81. The Balaban J connectivity index is 1.38. The van der Waals surface area contributed by atoms with Crippen LogP contribution in [-0.4, -0.2) is 49.3 Å². The fourth-order valence-electron chi connectivity index (χ4n) is 4.16. The molecule has 1 heterocycles. The number of amides is 1. The third-order valence-electron chi connectivity index (χ3n) is 6.11. The van der Waals surface area contributed by atoms with Gasteiger partial charge in [-0.25, -0.2) is 12.8 Å². The minimum atomic E-state index is -3.60. The standard InChI is InChI=1S/C24H29FN2O4S/c1-2-31-22-9-11-23(12-10-22)32(29,30)26-15-13-19(14-16-26)24(28)27(21-7-8-21)17-18-3-5-20(25)6-4-18/h3-6,9-12,19,21H,2,7-8,13-17H2,1H3. The van der Waals surface area contributed by atoms with Crippen LogP contribution >= 0.6 is 0 Å². The molecule has 32 heavy (non-hydrogen) atoms. The van der Waals surface area contributed by atoms with E-state index in [1.54, 1.807) is 36.4 Å². The van der Waals surface area contributed by atoms with E-state index in [2.05, 4.69) is 0 Å². The van der Waals surface area contributed by atoms with Crippen LogP contribution in [0.1, 0.15) is 38.2 Å². The zero-order valence-corrected chi connectivity index (χ0v) is 19.1. The average Bonchev–Trinajstić information content (AvgIpc) is 3.64. The fraction of sp³-hybridized carbons (Fsp3) is 0.458. The molecule has 6 nitrogen and oxygen atoms in total. The lowest BCUT2D eigenvalue weighted by Crippen LogP contribution is -2.44. The molecule has 0 radical (unpaired) electrons. The molecule has 1 saturated heterocycles. The molecule has 8 heteroatoms. The molecule has 0 spiro atoms. The Morgan fingerprint density at radius 1 is 1.03 bits per heavy atom. The van der Waals surface area contributed by atoms with Crippen molar-refractivity contribution in [1.82, 2.24) is 9.21 Å². The Bertz CT molecular complexity index is 1030. The monoisotopic (exact) mass is 460 g/mol. The predicted molar refractivity (Wildman–Crippen MR) is 119 cm³/mol. The molecule has 0 atom stereocenters. The summed E-state index contributed by atoms with van der Waals surface area (Å²) in [5.41, 5.74) is 0.905. The van der Waals surface area contributed by atoms with Crippen LogP contribution in [0.3, 0.4) is 0 Å². The highest BCUT2D eigenvalue weighted by molar-refractivity contribution is 7.89. The third kappa shape index (κ3) is 5.13. The summed E-state index contributed by atoms with van der Waals surface area (Å²) >= 11 is 0. The summed E-state index contributed by atoms with van der Waals surface area (Å²) in [6.45, 7) is 3.50. The summed E-state index contributed by atoms with van der Waals surface area (Å²) in [5.74, 6) is 0.231. The van der Waals surface area contributed by atoms with Crippen LogP contribution in [0.5, 0.6) is 5.75 Å². The van der Waals surface area contributed by atoms with Crippen LogP contribution in [0, 0.1) is 11.7 Å². The molecule has 2 fully saturated rings. The van der Waals surface area contributed by atoms with Gasteiger partial charge in [0.1, 0.15) is 11.6 Å². The number of benzene rings is 2. The number of hydrogen-bond acceptors (Lipinski definition) is 4. The second-order valence-corrected chi connectivity index (χ2v) is 10.3. The van der Waals surface area contributed by atoms with Gasteiger partial charge in [-0.15, -0.1) is 0 Å². The first-order valence-electron chi connectivity index (χ1n) is 11.2. The zero-order valence-electron chi connectivity index (χ0n) is 18.2. The maximum atomic E-state index is 13.2. The molecular weight excluding hydrogens is 431 g/mol. The highest BCUT2D eigenvalue weighted by Crippen LogP contribution is 2.33. The third-order valence-corrected chi connectivity index (χ3v) is 8.03. The normalized spacial score (nSPS) is 17.8. The second-order valence-electron chi connectivity index (χ2n) is 8.41. The molecule has 2 aromatic carbocycles. The first kappa shape index (κ1) is 22.7. The van der Waals surface area contributed by atoms with Gasteiger partial charge in [0.05, 0.1) is 11.5 Å². The van der Waals surface area contributed by atoms with Gasteiger partial charge in [0.25, 0.3) is 0 Å². The molecule has 4 rings (SSSR count). The summed E-state index contributed by atoms with van der Waals surface area (Å²) in [5, 5.41) is 0. The molecule has 1 saturated carbocycles. The van der Waals surface area contributed by atoms with Gasteiger partial charge in [-0.3, -0.25) is 4.79 Å². The first-order valence-corrected chi connectivity index (χ1v) is 12.6. The molecule has 0 bridgehead atoms. The number of carbonyl (C=O) groups excluding carboxylic acids is 1. The molecular formula is C24H29FN2O4S. The van der Waals surface area contributed by atoms with Gasteiger partial charge in [0.15, 0.2) is 0 Å². The summed E-state index contributed by atoms with van der Waals surface area (Å²) in [4.78, 5) is 15.4. The van der Waals surface area contributed by atoms with Gasteiger partial charge >= 0.3 is 0 Å². The summed E-state index contributed by atoms with van der Waals surface area (Å²) in [6, 6.07) is 12.9. The largest absolute Gasteiger partial charge is 0.494 e. The molecule has 1 aliphatic carbocycles. The summed E-state index contributed by atoms with van der Waals surface area (Å²) in [7, 11) is -3.60. The minimum Gasteiger partial charge on any atom is -0.494 e. The van der Waals surface area contributed by atoms with E-state index >= 15 is 0 Å². The van der Waals surface area contributed by atoms with Crippen LogP contribution in [0.2, 0.25) is 0 Å². The lowest BCUT2D eigenvalue weighted by Gasteiger charge is -2.34. The maximum absolute atomic E-state index is 13.2. The van der Waals surface area contributed by atoms with Crippen molar-refractivity contribution in [2.24, 2.45) is 5.92 Å². The minimum absolute atomic E-state index is 0.0786. The van der Waals surface area contributed by atoms with Gasteiger partial charge in [-0.05, 0) is 74.6 Å². The number of hydrogen-bond donors (Lipinski definition) is 0. The Morgan fingerprint density at radius 3 is 2.22 bits per heavy atom. The molecule has 1 amide bonds. The Hall–Kier alpha value is -2.45. The number of piperidine rings is 1. The quantitative estimate of drug-likeness (QED) is 0.601. The van der Waals surface area contributed by atoms with Crippen LogP contribution < -0.4 is 4.74 Å². The lowest BCUT2D eigenvalue weighted by atomic mass is 9.96. The number of sulfonamides is 1. The molecule has 0 aromatic heterocycles.